The second-order valence-electron chi connectivity index (χ2n) is 6.51. The van der Waals surface area contributed by atoms with Gasteiger partial charge in [-0.2, -0.15) is 0 Å². The van der Waals surface area contributed by atoms with E-state index in [0.29, 0.717) is 17.7 Å². The summed E-state index contributed by atoms with van der Waals surface area (Å²) in [6.45, 7) is 2.19. The highest BCUT2D eigenvalue weighted by molar-refractivity contribution is 7.54. The molecule has 6 heteroatoms. The molecule has 1 rings (SSSR count). The first-order chi connectivity index (χ1) is 11.3. The van der Waals surface area contributed by atoms with Crippen LogP contribution in [0.3, 0.4) is 0 Å². The summed E-state index contributed by atoms with van der Waals surface area (Å²) in [5, 5.41) is 0. The van der Waals surface area contributed by atoms with E-state index in [1.54, 1.807) is 49.7 Å². The van der Waals surface area contributed by atoms with Gasteiger partial charge in [0.25, 0.3) is 0 Å². The number of benzene rings is 1. The summed E-state index contributed by atoms with van der Waals surface area (Å²) in [5.74, 6) is 0.0967. The van der Waals surface area contributed by atoms with Gasteiger partial charge in [-0.3, -0.25) is 0 Å². The highest BCUT2D eigenvalue weighted by Gasteiger charge is 2.32. The zero-order chi connectivity index (χ0) is 18.2. The topological polar surface area (TPSA) is 32.8 Å². The quantitative estimate of drug-likeness (QED) is 0.395. The van der Waals surface area contributed by atoms with Crippen LogP contribution in [-0.2, 0) is 11.0 Å². The summed E-state index contributed by atoms with van der Waals surface area (Å²) in [7, 11) is 3.62. The fourth-order valence-corrected chi connectivity index (χ4v) is 4.07. The Bertz CT molecular complexity index is 538. The number of hydrogen-bond donors (Lipinski definition) is 0. The van der Waals surface area contributed by atoms with Crippen molar-refractivity contribution >= 4 is 7.67 Å². The van der Waals surface area contributed by atoms with E-state index in [-0.39, 0.29) is 5.82 Å². The van der Waals surface area contributed by atoms with Crippen LogP contribution >= 0.6 is 7.67 Å². The second kappa shape index (κ2) is 10.2. The normalized spacial score (nSPS) is 12.2. The molecule has 0 aliphatic heterocycles. The molecule has 0 saturated heterocycles. The first-order valence-corrected chi connectivity index (χ1v) is 10.3. The van der Waals surface area contributed by atoms with Crippen molar-refractivity contribution in [2.75, 3.05) is 28.2 Å². The van der Waals surface area contributed by atoms with Crippen molar-refractivity contribution < 1.29 is 13.5 Å². The van der Waals surface area contributed by atoms with E-state index < -0.39 is 7.67 Å². The van der Waals surface area contributed by atoms with Gasteiger partial charge in [-0.25, -0.2) is 18.3 Å². The minimum Gasteiger partial charge on any atom is -0.421 e. The molecular weight excluding hydrogens is 326 g/mol. The summed E-state index contributed by atoms with van der Waals surface area (Å²) in [6, 6.07) is 4.75. The maximum atomic E-state index is 14.3. The van der Waals surface area contributed by atoms with Crippen LogP contribution in [0.5, 0.6) is 5.75 Å². The molecule has 4 nitrogen and oxygen atoms in total. The zero-order valence-electron chi connectivity index (χ0n) is 15.7. The van der Waals surface area contributed by atoms with Gasteiger partial charge >= 0.3 is 7.67 Å². The fourth-order valence-electron chi connectivity index (χ4n) is 2.60. The van der Waals surface area contributed by atoms with Gasteiger partial charge in [0, 0.05) is 5.56 Å². The Labute approximate surface area is 146 Å². The first kappa shape index (κ1) is 21.1. The van der Waals surface area contributed by atoms with Crippen LogP contribution in [0.1, 0.15) is 51.0 Å². The SMILES string of the molecule is CCCCCCCCc1c(F)cccc1OP(=O)(N(C)C)N(C)C. The van der Waals surface area contributed by atoms with Crippen LogP contribution in [0.25, 0.3) is 0 Å². The highest BCUT2D eigenvalue weighted by atomic mass is 31.2. The van der Waals surface area contributed by atoms with Crippen molar-refractivity contribution in [3.05, 3.63) is 29.6 Å². The molecule has 0 N–H and O–H groups in total. The van der Waals surface area contributed by atoms with E-state index >= 15 is 0 Å². The minimum atomic E-state index is -3.19. The molecule has 0 aliphatic carbocycles. The molecule has 0 atom stereocenters. The van der Waals surface area contributed by atoms with E-state index in [1.165, 1.54) is 31.7 Å². The Hall–Kier alpha value is -0.900. The molecule has 0 fully saturated rings. The lowest BCUT2D eigenvalue weighted by Crippen LogP contribution is -2.24. The third kappa shape index (κ3) is 5.87. The van der Waals surface area contributed by atoms with E-state index in [1.807, 2.05) is 0 Å². The number of rotatable bonds is 11. The molecule has 1 aromatic carbocycles. The minimum absolute atomic E-state index is 0.287. The molecule has 0 saturated carbocycles. The largest absolute Gasteiger partial charge is 0.421 e. The van der Waals surface area contributed by atoms with Crippen molar-refractivity contribution in [2.24, 2.45) is 0 Å². The number of hydrogen-bond acceptors (Lipinski definition) is 2. The van der Waals surface area contributed by atoms with E-state index in [4.69, 9.17) is 4.52 Å². The molecule has 24 heavy (non-hydrogen) atoms. The Balaban J connectivity index is 2.82. The molecular formula is C18H32FN2O2P. The smallest absolute Gasteiger partial charge is 0.394 e. The van der Waals surface area contributed by atoms with E-state index in [0.717, 1.165) is 12.8 Å². The summed E-state index contributed by atoms with van der Waals surface area (Å²) in [4.78, 5) is 0. The van der Waals surface area contributed by atoms with Crippen LogP contribution in [-0.4, -0.2) is 37.5 Å². The van der Waals surface area contributed by atoms with Gasteiger partial charge in [-0.1, -0.05) is 45.1 Å². The molecule has 0 amide bonds. The Morgan fingerprint density at radius 3 is 2.17 bits per heavy atom. The van der Waals surface area contributed by atoms with Crippen LogP contribution in [0.2, 0.25) is 0 Å². The van der Waals surface area contributed by atoms with Crippen molar-refractivity contribution in [2.45, 2.75) is 51.9 Å². The van der Waals surface area contributed by atoms with Gasteiger partial charge in [0.1, 0.15) is 11.6 Å². The Morgan fingerprint density at radius 1 is 1.00 bits per heavy atom. The molecule has 138 valence electrons. The Morgan fingerprint density at radius 2 is 1.58 bits per heavy atom. The molecule has 0 spiro atoms. The second-order valence-corrected chi connectivity index (χ2v) is 9.27. The standard InChI is InChI=1S/C18H32FN2O2P/c1-6-7-8-9-10-11-13-16-17(19)14-12-15-18(16)23-24(22,20(2)3)21(4)5/h12,14-15H,6-11,13H2,1-5H3. The van der Waals surface area contributed by atoms with Gasteiger partial charge in [0.15, 0.2) is 0 Å². The first-order valence-electron chi connectivity index (χ1n) is 8.75. The van der Waals surface area contributed by atoms with E-state index in [2.05, 4.69) is 6.92 Å². The molecule has 0 aromatic heterocycles. The summed E-state index contributed by atoms with van der Waals surface area (Å²) in [6.07, 6.45) is 7.47. The molecule has 0 aliphatic rings. The maximum absolute atomic E-state index is 14.3. The van der Waals surface area contributed by atoms with Crippen molar-refractivity contribution in [1.29, 1.82) is 0 Å². The average Bonchev–Trinajstić information content (AvgIpc) is 2.52. The van der Waals surface area contributed by atoms with Gasteiger partial charge in [-0.05, 0) is 53.2 Å². The summed E-state index contributed by atoms with van der Waals surface area (Å²) in [5.41, 5.74) is 0.525. The lowest BCUT2D eigenvalue weighted by Gasteiger charge is -2.30. The van der Waals surface area contributed by atoms with Crippen molar-refractivity contribution in [3.8, 4) is 5.75 Å². The Kier molecular flexibility index (Phi) is 8.96. The predicted octanol–water partition coefficient (Wildman–Crippen LogP) is 5.34. The van der Waals surface area contributed by atoms with Crippen molar-refractivity contribution in [1.82, 2.24) is 9.34 Å². The molecule has 0 unspecified atom stereocenters. The van der Waals surface area contributed by atoms with Crippen LogP contribution in [0.4, 0.5) is 4.39 Å². The zero-order valence-corrected chi connectivity index (χ0v) is 16.6. The van der Waals surface area contributed by atoms with Gasteiger partial charge in [0.05, 0.1) is 0 Å². The lowest BCUT2D eigenvalue weighted by atomic mass is 10.0. The average molecular weight is 358 g/mol. The third-order valence-electron chi connectivity index (χ3n) is 4.08. The number of nitrogens with zero attached hydrogens (tertiary/aromatic N) is 2. The third-order valence-corrected chi connectivity index (χ3v) is 6.54. The molecule has 0 heterocycles. The monoisotopic (exact) mass is 358 g/mol. The lowest BCUT2D eigenvalue weighted by molar-refractivity contribution is 0.351. The maximum Gasteiger partial charge on any atom is 0.394 e. The summed E-state index contributed by atoms with van der Waals surface area (Å²) >= 11 is 0. The van der Waals surface area contributed by atoms with Crippen LogP contribution in [0.15, 0.2) is 18.2 Å². The summed E-state index contributed by atoms with van der Waals surface area (Å²) < 4.78 is 36.2. The molecule has 0 bridgehead atoms. The number of unbranched alkanes of at least 4 members (excludes halogenated alkanes) is 5. The van der Waals surface area contributed by atoms with Crippen LogP contribution < -0.4 is 4.52 Å². The fraction of sp³-hybridized carbons (Fsp3) is 0.667. The van der Waals surface area contributed by atoms with Gasteiger partial charge in [-0.15, -0.1) is 0 Å². The van der Waals surface area contributed by atoms with Crippen LogP contribution in [0, 0.1) is 5.82 Å². The van der Waals surface area contributed by atoms with Gasteiger partial charge in [0.2, 0.25) is 0 Å². The van der Waals surface area contributed by atoms with E-state index in [9.17, 15) is 8.96 Å². The highest BCUT2D eigenvalue weighted by Crippen LogP contribution is 2.51. The molecule has 1 aromatic rings. The number of halogens is 1. The molecule has 0 radical (unpaired) electrons. The van der Waals surface area contributed by atoms with Gasteiger partial charge < -0.3 is 4.52 Å². The predicted molar refractivity (Wildman–Crippen MR) is 99.1 cm³/mol. The van der Waals surface area contributed by atoms with Crippen molar-refractivity contribution in [3.63, 3.8) is 0 Å².